The number of carbonyl (C=O) groups is 2. The third-order valence-electron chi connectivity index (χ3n) is 3.90. The largest absolute Gasteiger partial charge is 0.479 e. The molecule has 23 heavy (non-hydrogen) atoms. The number of aromatic nitrogens is 3. The van der Waals surface area contributed by atoms with Crippen molar-refractivity contribution >= 4 is 11.9 Å². The van der Waals surface area contributed by atoms with Crippen LogP contribution in [0.4, 0.5) is 0 Å². The molecular formula is C16H19N3O4. The van der Waals surface area contributed by atoms with Crippen LogP contribution in [0.25, 0.3) is 0 Å². The van der Waals surface area contributed by atoms with Crippen molar-refractivity contribution in [1.29, 1.82) is 0 Å². The lowest BCUT2D eigenvalue weighted by Gasteiger charge is -2.20. The van der Waals surface area contributed by atoms with Gasteiger partial charge in [0, 0.05) is 5.92 Å². The second-order valence-electron chi connectivity index (χ2n) is 5.24. The third kappa shape index (κ3) is 3.23. The summed E-state index contributed by atoms with van der Waals surface area (Å²) < 4.78 is 1.23. The normalized spacial score (nSPS) is 12.3. The summed E-state index contributed by atoms with van der Waals surface area (Å²) in [5.41, 5.74) is 0.702. The summed E-state index contributed by atoms with van der Waals surface area (Å²) in [5, 5.41) is 26.6. The summed E-state index contributed by atoms with van der Waals surface area (Å²) >= 11 is 0. The van der Waals surface area contributed by atoms with E-state index in [1.54, 1.807) is 30.3 Å². The lowest BCUT2D eigenvalue weighted by atomic mass is 9.96. The zero-order valence-corrected chi connectivity index (χ0v) is 13.0. The number of carboxylic acids is 2. The molecule has 2 rings (SSSR count). The van der Waals surface area contributed by atoms with Crippen molar-refractivity contribution in [2.45, 2.75) is 38.6 Å². The molecule has 1 aromatic carbocycles. The average Bonchev–Trinajstić information content (AvgIpc) is 2.94. The van der Waals surface area contributed by atoms with Crippen molar-refractivity contribution in [3.63, 3.8) is 0 Å². The Hall–Kier alpha value is -2.70. The van der Waals surface area contributed by atoms with Gasteiger partial charge in [0.05, 0.1) is 5.69 Å². The molecular weight excluding hydrogens is 298 g/mol. The Balaban J connectivity index is 2.65. The summed E-state index contributed by atoms with van der Waals surface area (Å²) in [7, 11) is 0. The highest BCUT2D eigenvalue weighted by Crippen LogP contribution is 2.30. The molecule has 0 bridgehead atoms. The van der Waals surface area contributed by atoms with Crippen molar-refractivity contribution in [3.05, 3.63) is 47.3 Å². The van der Waals surface area contributed by atoms with E-state index in [1.165, 1.54) is 4.68 Å². The Labute approximate surface area is 133 Å². The van der Waals surface area contributed by atoms with E-state index in [-0.39, 0.29) is 11.6 Å². The van der Waals surface area contributed by atoms with Gasteiger partial charge in [-0.25, -0.2) is 14.3 Å². The number of carboxylic acid groups (broad SMARTS) is 2. The topological polar surface area (TPSA) is 105 Å². The van der Waals surface area contributed by atoms with E-state index in [4.69, 9.17) is 0 Å². The van der Waals surface area contributed by atoms with Crippen LogP contribution in [-0.4, -0.2) is 37.1 Å². The molecule has 0 spiro atoms. The Kier molecular flexibility index (Phi) is 5.10. The van der Waals surface area contributed by atoms with Crippen molar-refractivity contribution in [2.24, 2.45) is 0 Å². The van der Waals surface area contributed by atoms with Crippen LogP contribution in [0, 0.1) is 0 Å². The monoisotopic (exact) mass is 317 g/mol. The fourth-order valence-electron chi connectivity index (χ4n) is 2.72. The van der Waals surface area contributed by atoms with Gasteiger partial charge in [-0.3, -0.25) is 0 Å². The van der Waals surface area contributed by atoms with Gasteiger partial charge < -0.3 is 10.2 Å². The zero-order chi connectivity index (χ0) is 17.0. The first-order chi connectivity index (χ1) is 11.0. The number of hydrogen-bond donors (Lipinski definition) is 2. The van der Waals surface area contributed by atoms with Gasteiger partial charge >= 0.3 is 11.9 Å². The van der Waals surface area contributed by atoms with E-state index in [2.05, 4.69) is 10.3 Å². The van der Waals surface area contributed by atoms with Gasteiger partial charge in [0.1, 0.15) is 0 Å². The van der Waals surface area contributed by atoms with Crippen LogP contribution in [0.15, 0.2) is 30.3 Å². The van der Waals surface area contributed by atoms with E-state index >= 15 is 0 Å². The summed E-state index contributed by atoms with van der Waals surface area (Å²) in [4.78, 5) is 23.2. The van der Waals surface area contributed by atoms with Crippen molar-refractivity contribution in [2.75, 3.05) is 0 Å². The molecule has 0 aliphatic heterocycles. The van der Waals surface area contributed by atoms with Crippen LogP contribution < -0.4 is 0 Å². The minimum absolute atomic E-state index is 0.123. The van der Waals surface area contributed by atoms with Crippen LogP contribution in [0.5, 0.6) is 0 Å². The van der Waals surface area contributed by atoms with Gasteiger partial charge in [-0.1, -0.05) is 49.4 Å². The van der Waals surface area contributed by atoms with Gasteiger partial charge in [0.25, 0.3) is 0 Å². The summed E-state index contributed by atoms with van der Waals surface area (Å²) in [5.74, 6) is -2.43. The summed E-state index contributed by atoms with van der Waals surface area (Å²) in [6, 6.07) is 7.50. The van der Waals surface area contributed by atoms with E-state index in [1.807, 2.05) is 13.8 Å². The zero-order valence-electron chi connectivity index (χ0n) is 13.0. The van der Waals surface area contributed by atoms with Gasteiger partial charge in [-0.15, -0.1) is 5.10 Å². The van der Waals surface area contributed by atoms with Gasteiger partial charge in [0.2, 0.25) is 0 Å². The number of aromatic carboxylic acids is 1. The van der Waals surface area contributed by atoms with Gasteiger partial charge in [-0.2, -0.15) is 0 Å². The Morgan fingerprint density at radius 2 is 1.74 bits per heavy atom. The first-order valence-electron chi connectivity index (χ1n) is 7.47. The average molecular weight is 317 g/mol. The number of rotatable bonds is 7. The van der Waals surface area contributed by atoms with Crippen LogP contribution in [0.3, 0.4) is 0 Å². The van der Waals surface area contributed by atoms with E-state index in [0.29, 0.717) is 24.1 Å². The van der Waals surface area contributed by atoms with E-state index in [9.17, 15) is 19.8 Å². The van der Waals surface area contributed by atoms with Crippen molar-refractivity contribution in [3.8, 4) is 0 Å². The highest BCUT2D eigenvalue weighted by Gasteiger charge is 2.32. The van der Waals surface area contributed by atoms with Gasteiger partial charge in [-0.05, 0) is 18.4 Å². The minimum Gasteiger partial charge on any atom is -0.479 e. The number of aliphatic carboxylic acids is 1. The predicted molar refractivity (Wildman–Crippen MR) is 82.5 cm³/mol. The molecule has 2 N–H and O–H groups in total. The number of hydrogen-bond acceptors (Lipinski definition) is 4. The molecule has 1 heterocycles. The molecule has 0 aliphatic carbocycles. The Bertz CT molecular complexity index is 693. The molecule has 0 aliphatic rings. The molecule has 1 atom stereocenters. The Morgan fingerprint density at radius 1 is 1.13 bits per heavy atom. The van der Waals surface area contributed by atoms with Crippen LogP contribution >= 0.6 is 0 Å². The molecule has 0 amide bonds. The van der Waals surface area contributed by atoms with E-state index < -0.39 is 18.0 Å². The number of benzene rings is 1. The molecule has 7 heteroatoms. The molecule has 122 valence electrons. The third-order valence-corrected chi connectivity index (χ3v) is 3.90. The number of nitrogens with zero attached hydrogens (tertiary/aromatic N) is 3. The standard InChI is InChI=1S/C16H19N3O4/c1-3-10(4-2)13-12(15(20)21)17-18-19(13)14(16(22)23)11-8-6-5-7-9-11/h5-10,14H,3-4H2,1-2H3,(H,20,21)(H,22,23). The molecule has 0 fully saturated rings. The fourth-order valence-corrected chi connectivity index (χ4v) is 2.72. The maximum Gasteiger partial charge on any atom is 0.358 e. The van der Waals surface area contributed by atoms with E-state index in [0.717, 1.165) is 0 Å². The second-order valence-corrected chi connectivity index (χ2v) is 5.24. The summed E-state index contributed by atoms with van der Waals surface area (Å²) in [6.07, 6.45) is 1.34. The maximum atomic E-state index is 11.8. The van der Waals surface area contributed by atoms with Gasteiger partial charge in [0.15, 0.2) is 11.7 Å². The molecule has 1 aromatic heterocycles. The molecule has 0 radical (unpaired) electrons. The van der Waals surface area contributed by atoms with Crippen LogP contribution in [0.2, 0.25) is 0 Å². The van der Waals surface area contributed by atoms with Crippen molar-refractivity contribution < 1.29 is 19.8 Å². The first kappa shape index (κ1) is 16.7. The second kappa shape index (κ2) is 7.04. The fraction of sp³-hybridized carbons (Fsp3) is 0.375. The maximum absolute atomic E-state index is 11.8. The van der Waals surface area contributed by atoms with Crippen LogP contribution in [-0.2, 0) is 4.79 Å². The Morgan fingerprint density at radius 3 is 2.22 bits per heavy atom. The molecule has 1 unspecified atom stereocenters. The predicted octanol–water partition coefficient (Wildman–Crippen LogP) is 2.55. The van der Waals surface area contributed by atoms with Crippen molar-refractivity contribution in [1.82, 2.24) is 15.0 Å². The first-order valence-corrected chi connectivity index (χ1v) is 7.47. The highest BCUT2D eigenvalue weighted by molar-refractivity contribution is 5.87. The lowest BCUT2D eigenvalue weighted by Crippen LogP contribution is -2.25. The van der Waals surface area contributed by atoms with Crippen LogP contribution in [0.1, 0.15) is 60.4 Å². The smallest absolute Gasteiger partial charge is 0.358 e. The lowest BCUT2D eigenvalue weighted by molar-refractivity contribution is -0.140. The SMILES string of the molecule is CCC(CC)c1c(C(=O)O)nnn1C(C(=O)O)c1ccccc1. The quantitative estimate of drug-likeness (QED) is 0.813. The molecule has 7 nitrogen and oxygen atoms in total. The molecule has 2 aromatic rings. The summed E-state index contributed by atoms with van der Waals surface area (Å²) in [6.45, 7) is 3.85. The molecule has 0 saturated heterocycles. The highest BCUT2D eigenvalue weighted by atomic mass is 16.4. The minimum atomic E-state index is -1.20. The molecule has 0 saturated carbocycles.